The summed E-state index contributed by atoms with van der Waals surface area (Å²) >= 11 is 0. The minimum Gasteiger partial charge on any atom is -0.309 e. The van der Waals surface area contributed by atoms with Crippen molar-refractivity contribution < 1.29 is 4.57 Å². The molecule has 0 aliphatic rings. The highest BCUT2D eigenvalue weighted by Gasteiger charge is 2.29. The second kappa shape index (κ2) is 5.86. The van der Waals surface area contributed by atoms with Gasteiger partial charge in [0.2, 0.25) is 0 Å². The van der Waals surface area contributed by atoms with Crippen LogP contribution < -0.4 is 10.6 Å². The Morgan fingerprint density at radius 1 is 0.947 bits per heavy atom. The predicted molar refractivity (Wildman–Crippen MR) is 83.7 cm³/mol. The summed E-state index contributed by atoms with van der Waals surface area (Å²) in [5, 5.41) is 2.47. The van der Waals surface area contributed by atoms with E-state index < -0.39 is 7.14 Å². The van der Waals surface area contributed by atoms with Crippen LogP contribution >= 0.6 is 7.14 Å². The summed E-state index contributed by atoms with van der Waals surface area (Å²) in [5.41, 5.74) is 0. The van der Waals surface area contributed by atoms with Crippen molar-refractivity contribution in [3.63, 3.8) is 0 Å². The summed E-state index contributed by atoms with van der Waals surface area (Å²) in [6.07, 6.45) is 3.58. The van der Waals surface area contributed by atoms with Gasteiger partial charge in [-0.3, -0.25) is 0 Å². The summed E-state index contributed by atoms with van der Waals surface area (Å²) < 4.78 is 13.6. The second-order valence-corrected chi connectivity index (χ2v) is 6.97. The first kappa shape index (κ1) is 13.6. The van der Waals surface area contributed by atoms with E-state index in [2.05, 4.69) is 6.58 Å². The fraction of sp³-hybridized carbons (Fsp3) is 0.0588. The van der Waals surface area contributed by atoms with Crippen LogP contribution in [0.1, 0.15) is 6.92 Å². The molecule has 0 N–H and O–H groups in total. The van der Waals surface area contributed by atoms with Crippen LogP contribution in [0.15, 0.2) is 84.7 Å². The molecule has 0 radical (unpaired) electrons. The number of benzene rings is 2. The smallest absolute Gasteiger partial charge is 0.170 e. The quantitative estimate of drug-likeness (QED) is 0.603. The fourth-order valence-electron chi connectivity index (χ4n) is 2.15. The van der Waals surface area contributed by atoms with Crippen molar-refractivity contribution in [1.82, 2.24) is 0 Å². The third-order valence-electron chi connectivity index (χ3n) is 3.11. The van der Waals surface area contributed by atoms with Gasteiger partial charge in [-0.25, -0.2) is 0 Å². The van der Waals surface area contributed by atoms with Crippen LogP contribution in [-0.4, -0.2) is 0 Å². The summed E-state index contributed by atoms with van der Waals surface area (Å²) in [6.45, 7) is 5.71. The van der Waals surface area contributed by atoms with E-state index in [1.165, 1.54) is 0 Å². The Hall–Kier alpha value is -1.85. The lowest BCUT2D eigenvalue weighted by Crippen LogP contribution is -2.16. The van der Waals surface area contributed by atoms with Crippen LogP contribution in [0, 0.1) is 0 Å². The summed E-state index contributed by atoms with van der Waals surface area (Å²) in [6, 6.07) is 19.2. The van der Waals surface area contributed by atoms with E-state index in [1.54, 1.807) is 6.08 Å². The normalized spacial score (nSPS) is 12.2. The molecule has 0 fully saturated rings. The number of allylic oxidation sites excluding steroid dienone is 3. The largest absolute Gasteiger partial charge is 0.309 e. The first-order valence-corrected chi connectivity index (χ1v) is 7.94. The first-order valence-electron chi connectivity index (χ1n) is 6.24. The van der Waals surface area contributed by atoms with E-state index in [4.69, 9.17) is 0 Å². The highest BCUT2D eigenvalue weighted by Crippen LogP contribution is 2.51. The molecule has 0 spiro atoms. The van der Waals surface area contributed by atoms with Crippen molar-refractivity contribution >= 4 is 17.8 Å². The van der Waals surface area contributed by atoms with Crippen molar-refractivity contribution in [3.8, 4) is 0 Å². The zero-order valence-electron chi connectivity index (χ0n) is 11.0. The molecule has 0 bridgehead atoms. The van der Waals surface area contributed by atoms with Gasteiger partial charge in [0, 0.05) is 15.9 Å². The second-order valence-electron chi connectivity index (χ2n) is 4.20. The zero-order chi connectivity index (χ0) is 13.7. The molecule has 96 valence electrons. The van der Waals surface area contributed by atoms with Crippen LogP contribution in [0.2, 0.25) is 0 Å². The molecular weight excluding hydrogens is 251 g/mol. The maximum absolute atomic E-state index is 13.6. The van der Waals surface area contributed by atoms with Gasteiger partial charge < -0.3 is 4.57 Å². The third kappa shape index (κ3) is 2.47. The minimum atomic E-state index is -2.79. The molecule has 0 heterocycles. The zero-order valence-corrected chi connectivity index (χ0v) is 11.9. The van der Waals surface area contributed by atoms with Crippen molar-refractivity contribution in [1.29, 1.82) is 0 Å². The summed E-state index contributed by atoms with van der Waals surface area (Å²) in [4.78, 5) is 0. The van der Waals surface area contributed by atoms with Gasteiger partial charge in [0.05, 0.1) is 0 Å². The van der Waals surface area contributed by atoms with Crippen molar-refractivity contribution in [2.24, 2.45) is 0 Å². The molecule has 2 rings (SSSR count). The molecule has 1 nitrogen and oxygen atoms in total. The molecule has 19 heavy (non-hydrogen) atoms. The molecule has 2 heteroatoms. The lowest BCUT2D eigenvalue weighted by atomic mass is 10.4. The van der Waals surface area contributed by atoms with Crippen molar-refractivity contribution in [2.75, 3.05) is 0 Å². The molecule has 0 aliphatic carbocycles. The molecule has 0 saturated heterocycles. The average molecular weight is 268 g/mol. The molecular formula is C17H17OP. The highest BCUT2D eigenvalue weighted by atomic mass is 31.2. The van der Waals surface area contributed by atoms with Crippen LogP contribution in [0.3, 0.4) is 0 Å². The lowest BCUT2D eigenvalue weighted by molar-refractivity contribution is 0.591. The monoisotopic (exact) mass is 268 g/mol. The Morgan fingerprint density at radius 2 is 1.37 bits per heavy atom. The van der Waals surface area contributed by atoms with Crippen molar-refractivity contribution in [2.45, 2.75) is 6.92 Å². The van der Waals surface area contributed by atoms with E-state index in [0.29, 0.717) is 0 Å². The Labute approximate surface area is 114 Å². The third-order valence-corrected chi connectivity index (χ3v) is 6.33. The highest BCUT2D eigenvalue weighted by molar-refractivity contribution is 7.82. The van der Waals surface area contributed by atoms with E-state index in [1.807, 2.05) is 73.7 Å². The SMILES string of the molecule is C=CC(=CC)P(=O)(c1ccccc1)c1ccccc1. The van der Waals surface area contributed by atoms with E-state index in [0.717, 1.165) is 15.9 Å². The lowest BCUT2D eigenvalue weighted by Gasteiger charge is -2.20. The van der Waals surface area contributed by atoms with Crippen molar-refractivity contribution in [3.05, 3.63) is 84.7 Å². The van der Waals surface area contributed by atoms with Gasteiger partial charge >= 0.3 is 0 Å². The van der Waals surface area contributed by atoms with Gasteiger partial charge in [0.1, 0.15) is 0 Å². The van der Waals surface area contributed by atoms with Crippen LogP contribution in [-0.2, 0) is 4.57 Å². The van der Waals surface area contributed by atoms with Gasteiger partial charge in [-0.2, -0.15) is 0 Å². The maximum Gasteiger partial charge on any atom is 0.170 e. The molecule has 0 aliphatic heterocycles. The van der Waals surface area contributed by atoms with E-state index in [9.17, 15) is 4.57 Å². The molecule has 2 aromatic carbocycles. The topological polar surface area (TPSA) is 17.1 Å². The number of hydrogen-bond donors (Lipinski definition) is 0. The van der Waals surface area contributed by atoms with Gasteiger partial charge in [-0.15, -0.1) is 0 Å². The standard InChI is InChI=1S/C17H17OP/c1-3-15(4-2)19(18,16-11-7-5-8-12-16)17-13-9-6-10-14-17/h3-14H,1H2,2H3. The Bertz CT molecular complexity index is 583. The molecule has 0 saturated carbocycles. The Kier molecular flexibility index (Phi) is 4.19. The van der Waals surface area contributed by atoms with Crippen LogP contribution in [0.4, 0.5) is 0 Å². The van der Waals surface area contributed by atoms with Gasteiger partial charge in [-0.05, 0) is 6.92 Å². The molecule has 0 atom stereocenters. The van der Waals surface area contributed by atoms with E-state index in [-0.39, 0.29) is 0 Å². The number of rotatable bonds is 4. The average Bonchev–Trinajstić information content (AvgIpc) is 2.50. The molecule has 0 unspecified atom stereocenters. The van der Waals surface area contributed by atoms with Gasteiger partial charge in [0.25, 0.3) is 0 Å². The van der Waals surface area contributed by atoms with Gasteiger partial charge in [-0.1, -0.05) is 79.4 Å². The maximum atomic E-state index is 13.6. The Balaban J connectivity index is 2.72. The first-order chi connectivity index (χ1) is 9.23. The number of hydrogen-bond acceptors (Lipinski definition) is 1. The van der Waals surface area contributed by atoms with Gasteiger partial charge in [0.15, 0.2) is 7.14 Å². The minimum absolute atomic E-state index is 0.782. The fourth-order valence-corrected chi connectivity index (χ4v) is 4.85. The molecule has 0 amide bonds. The van der Waals surface area contributed by atoms with E-state index >= 15 is 0 Å². The molecule has 0 aromatic heterocycles. The summed E-state index contributed by atoms with van der Waals surface area (Å²) in [5.74, 6) is 0. The Morgan fingerprint density at radius 3 is 1.68 bits per heavy atom. The van der Waals surface area contributed by atoms with Crippen LogP contribution in [0.25, 0.3) is 0 Å². The predicted octanol–water partition coefficient (Wildman–Crippen LogP) is 4.09. The molecule has 2 aromatic rings. The summed E-state index contributed by atoms with van der Waals surface area (Å²) in [7, 11) is -2.79. The van der Waals surface area contributed by atoms with Crippen LogP contribution in [0.5, 0.6) is 0 Å².